The van der Waals surface area contributed by atoms with Gasteiger partial charge in [-0.25, -0.2) is 0 Å². The number of amides is 3. The maximum Gasteiger partial charge on any atom is 0.311 e. The van der Waals surface area contributed by atoms with Gasteiger partial charge in [0.25, 0.3) is 11.8 Å². The second-order valence-electron chi connectivity index (χ2n) is 4.94. The first-order valence-corrected chi connectivity index (χ1v) is 6.39. The number of carbonyl (C=O) groups is 4. The van der Waals surface area contributed by atoms with E-state index in [9.17, 15) is 19.2 Å². The zero-order chi connectivity index (χ0) is 15.1. The van der Waals surface area contributed by atoms with Crippen molar-refractivity contribution in [1.82, 2.24) is 5.32 Å². The van der Waals surface area contributed by atoms with Crippen LogP contribution in [0.15, 0.2) is 18.2 Å². The number of nitrogens with one attached hydrogen (secondary N) is 1. The number of esters is 1. The molecular formula is C14H12N2O5. The lowest BCUT2D eigenvalue weighted by Crippen LogP contribution is -2.26. The minimum Gasteiger partial charge on any atom is -0.469 e. The van der Waals surface area contributed by atoms with E-state index in [0.29, 0.717) is 11.3 Å². The molecule has 2 heterocycles. The summed E-state index contributed by atoms with van der Waals surface area (Å²) < 4.78 is 4.65. The minimum absolute atomic E-state index is 0.0783. The Kier molecular flexibility index (Phi) is 2.97. The second-order valence-corrected chi connectivity index (χ2v) is 4.94. The smallest absolute Gasteiger partial charge is 0.311 e. The molecule has 0 bridgehead atoms. The van der Waals surface area contributed by atoms with Gasteiger partial charge < -0.3 is 9.64 Å². The van der Waals surface area contributed by atoms with Crippen LogP contribution in [0.2, 0.25) is 0 Å². The fourth-order valence-corrected chi connectivity index (χ4v) is 2.61. The van der Waals surface area contributed by atoms with Crippen molar-refractivity contribution in [3.8, 4) is 0 Å². The van der Waals surface area contributed by atoms with Crippen molar-refractivity contribution >= 4 is 29.4 Å². The number of methoxy groups -OCH3 is 1. The summed E-state index contributed by atoms with van der Waals surface area (Å²) in [5.41, 5.74) is 1.03. The summed E-state index contributed by atoms with van der Waals surface area (Å²) in [5.74, 6) is -2.07. The van der Waals surface area contributed by atoms with Crippen molar-refractivity contribution in [3.05, 3.63) is 29.3 Å². The summed E-state index contributed by atoms with van der Waals surface area (Å²) in [6, 6.07) is 4.59. The van der Waals surface area contributed by atoms with E-state index in [2.05, 4.69) is 10.1 Å². The van der Waals surface area contributed by atoms with Crippen molar-refractivity contribution < 1.29 is 23.9 Å². The zero-order valence-electron chi connectivity index (χ0n) is 11.2. The molecule has 1 N–H and O–H groups in total. The van der Waals surface area contributed by atoms with E-state index in [1.54, 1.807) is 6.07 Å². The average Bonchev–Trinajstić information content (AvgIpc) is 2.99. The van der Waals surface area contributed by atoms with Gasteiger partial charge >= 0.3 is 5.97 Å². The molecule has 1 saturated heterocycles. The number of carbonyl (C=O) groups excluding carboxylic acids is 4. The number of imide groups is 1. The average molecular weight is 288 g/mol. The molecule has 21 heavy (non-hydrogen) atoms. The van der Waals surface area contributed by atoms with Crippen LogP contribution in [-0.4, -0.2) is 37.3 Å². The molecule has 7 nitrogen and oxygen atoms in total. The lowest BCUT2D eigenvalue weighted by Gasteiger charge is -2.16. The molecule has 0 radical (unpaired) electrons. The Balaban J connectivity index is 1.90. The lowest BCUT2D eigenvalue weighted by atomic mass is 10.1. The molecule has 0 aromatic heterocycles. The maximum atomic E-state index is 12.0. The molecule has 1 unspecified atom stereocenters. The molecule has 2 aliphatic heterocycles. The van der Waals surface area contributed by atoms with E-state index in [4.69, 9.17) is 0 Å². The van der Waals surface area contributed by atoms with E-state index >= 15 is 0 Å². The van der Waals surface area contributed by atoms with Gasteiger partial charge in [0.1, 0.15) is 0 Å². The summed E-state index contributed by atoms with van der Waals surface area (Å²) >= 11 is 0. The van der Waals surface area contributed by atoms with Crippen LogP contribution in [-0.2, 0) is 14.3 Å². The van der Waals surface area contributed by atoms with Gasteiger partial charge in [-0.3, -0.25) is 24.5 Å². The lowest BCUT2D eigenvalue weighted by molar-refractivity contribution is -0.145. The monoisotopic (exact) mass is 288 g/mol. The Morgan fingerprint density at radius 2 is 1.95 bits per heavy atom. The highest BCUT2D eigenvalue weighted by molar-refractivity contribution is 6.22. The highest BCUT2D eigenvalue weighted by Gasteiger charge is 2.37. The largest absolute Gasteiger partial charge is 0.469 e. The predicted molar refractivity (Wildman–Crippen MR) is 70.7 cm³/mol. The van der Waals surface area contributed by atoms with E-state index in [-0.39, 0.29) is 24.4 Å². The molecule has 1 atom stereocenters. The molecule has 1 fully saturated rings. The van der Waals surface area contributed by atoms with Crippen molar-refractivity contribution in [3.63, 3.8) is 0 Å². The second kappa shape index (κ2) is 4.69. The SMILES string of the molecule is COC(=O)C1CC(=O)N(c2ccc3c(c2)C(=O)NC3=O)C1. The minimum atomic E-state index is -0.508. The topological polar surface area (TPSA) is 92.8 Å². The maximum absolute atomic E-state index is 12.0. The van der Waals surface area contributed by atoms with Crippen LogP contribution in [0.4, 0.5) is 5.69 Å². The summed E-state index contributed by atoms with van der Waals surface area (Å²) in [6.07, 6.45) is 0.0783. The molecule has 0 saturated carbocycles. The highest BCUT2D eigenvalue weighted by atomic mass is 16.5. The van der Waals surface area contributed by atoms with Crippen LogP contribution in [0.1, 0.15) is 27.1 Å². The number of rotatable bonds is 2. The molecule has 108 valence electrons. The first-order valence-electron chi connectivity index (χ1n) is 6.39. The molecule has 3 rings (SSSR count). The Labute approximate surface area is 119 Å². The number of benzene rings is 1. The van der Waals surface area contributed by atoms with Gasteiger partial charge in [0.2, 0.25) is 5.91 Å². The molecule has 0 aliphatic carbocycles. The number of nitrogens with zero attached hydrogens (tertiary/aromatic N) is 1. The summed E-state index contributed by atoms with van der Waals surface area (Å²) in [5, 5.41) is 2.19. The van der Waals surface area contributed by atoms with Gasteiger partial charge in [0, 0.05) is 18.7 Å². The molecular weight excluding hydrogens is 276 g/mol. The van der Waals surface area contributed by atoms with Gasteiger partial charge in [0.15, 0.2) is 0 Å². The standard InChI is InChI=1S/C14H12N2O5/c1-21-14(20)7-4-11(17)16(6-7)8-2-3-9-10(5-8)13(19)15-12(9)18/h2-3,5,7H,4,6H2,1H3,(H,15,18,19). The van der Waals surface area contributed by atoms with E-state index < -0.39 is 23.7 Å². The number of ether oxygens (including phenoxy) is 1. The Hall–Kier alpha value is -2.70. The third-order valence-corrected chi connectivity index (χ3v) is 3.69. The van der Waals surface area contributed by atoms with Crippen LogP contribution in [0.25, 0.3) is 0 Å². The number of hydrogen-bond donors (Lipinski definition) is 1. The highest BCUT2D eigenvalue weighted by Crippen LogP contribution is 2.28. The van der Waals surface area contributed by atoms with Gasteiger partial charge in [0.05, 0.1) is 24.2 Å². The van der Waals surface area contributed by atoms with E-state index in [1.807, 2.05) is 0 Å². The van der Waals surface area contributed by atoms with E-state index in [1.165, 1.54) is 24.1 Å². The van der Waals surface area contributed by atoms with Gasteiger partial charge in [-0.1, -0.05) is 0 Å². The quantitative estimate of drug-likeness (QED) is 0.615. The zero-order valence-corrected chi connectivity index (χ0v) is 11.2. The first kappa shape index (κ1) is 13.3. The summed E-state index contributed by atoms with van der Waals surface area (Å²) in [4.78, 5) is 48.1. The molecule has 1 aromatic rings. The van der Waals surface area contributed by atoms with Gasteiger partial charge in [-0.2, -0.15) is 0 Å². The van der Waals surface area contributed by atoms with Crippen LogP contribution in [0, 0.1) is 5.92 Å². The van der Waals surface area contributed by atoms with Gasteiger partial charge in [-0.15, -0.1) is 0 Å². The molecule has 0 spiro atoms. The third-order valence-electron chi connectivity index (χ3n) is 3.69. The van der Waals surface area contributed by atoms with E-state index in [0.717, 1.165) is 0 Å². The molecule has 2 aliphatic rings. The van der Waals surface area contributed by atoms with Crippen LogP contribution < -0.4 is 10.2 Å². The normalized spacial score (nSPS) is 20.5. The van der Waals surface area contributed by atoms with Crippen molar-refractivity contribution in [2.75, 3.05) is 18.6 Å². The first-order chi connectivity index (χ1) is 10.0. The predicted octanol–water partition coefficient (Wildman–Crippen LogP) is 0.0961. The van der Waals surface area contributed by atoms with Gasteiger partial charge in [-0.05, 0) is 18.2 Å². The summed E-state index contributed by atoms with van der Waals surface area (Å²) in [6.45, 7) is 0.208. The Bertz CT molecular complexity index is 682. The van der Waals surface area contributed by atoms with Crippen molar-refractivity contribution in [2.24, 2.45) is 5.92 Å². The van der Waals surface area contributed by atoms with Crippen LogP contribution >= 0.6 is 0 Å². The number of hydrogen-bond acceptors (Lipinski definition) is 5. The molecule has 3 amide bonds. The fraction of sp³-hybridized carbons (Fsp3) is 0.286. The van der Waals surface area contributed by atoms with Crippen LogP contribution in [0.3, 0.4) is 0 Å². The Morgan fingerprint density at radius 1 is 1.24 bits per heavy atom. The number of fused-ring (bicyclic) bond motifs is 1. The van der Waals surface area contributed by atoms with Crippen LogP contribution in [0.5, 0.6) is 0 Å². The summed E-state index contributed by atoms with van der Waals surface area (Å²) in [7, 11) is 1.28. The molecule has 7 heteroatoms. The van der Waals surface area contributed by atoms with Crippen molar-refractivity contribution in [1.29, 1.82) is 0 Å². The number of anilines is 1. The fourth-order valence-electron chi connectivity index (χ4n) is 2.61. The third kappa shape index (κ3) is 2.06. The molecule has 1 aromatic carbocycles. The Morgan fingerprint density at radius 3 is 2.67 bits per heavy atom. The van der Waals surface area contributed by atoms with Crippen molar-refractivity contribution in [2.45, 2.75) is 6.42 Å².